The second-order valence-electron chi connectivity index (χ2n) is 6.54. The minimum atomic E-state index is -0.587. The van der Waals surface area contributed by atoms with Crippen LogP contribution in [-0.4, -0.2) is 43.2 Å². The fraction of sp³-hybridized carbons (Fsp3) is 0.227. The number of hydrogen-bond acceptors (Lipinski definition) is 7. The number of amides is 1. The molecule has 1 aliphatic heterocycles. The van der Waals surface area contributed by atoms with Gasteiger partial charge in [0.25, 0.3) is 5.91 Å². The molecule has 2 heterocycles. The van der Waals surface area contributed by atoms with Crippen LogP contribution in [0, 0.1) is 0 Å². The summed E-state index contributed by atoms with van der Waals surface area (Å²) in [5.74, 6) is 0.518. The molecular formula is C22H20N2O5S. The Morgan fingerprint density at radius 1 is 1.13 bits per heavy atom. The SMILES string of the molecule is O=C(COC(=O)/C=C/c1nc2ccccc2s1)NCCc1ccc2c(c1)OCCO2. The Balaban J connectivity index is 1.18. The van der Waals surface area contributed by atoms with Crippen LogP contribution in [0.15, 0.2) is 48.5 Å². The summed E-state index contributed by atoms with van der Waals surface area (Å²) >= 11 is 1.48. The molecule has 4 rings (SSSR count). The van der Waals surface area contributed by atoms with E-state index in [2.05, 4.69) is 10.3 Å². The lowest BCUT2D eigenvalue weighted by Crippen LogP contribution is -2.30. The Morgan fingerprint density at radius 3 is 2.83 bits per heavy atom. The molecule has 154 valence electrons. The summed E-state index contributed by atoms with van der Waals surface area (Å²) in [5.41, 5.74) is 1.91. The largest absolute Gasteiger partial charge is 0.486 e. The molecule has 0 saturated carbocycles. The lowest BCUT2D eigenvalue weighted by atomic mass is 10.1. The maximum Gasteiger partial charge on any atom is 0.331 e. The van der Waals surface area contributed by atoms with Crippen LogP contribution in [0.3, 0.4) is 0 Å². The van der Waals surface area contributed by atoms with E-state index >= 15 is 0 Å². The Bertz CT molecular complexity index is 1060. The van der Waals surface area contributed by atoms with Crippen molar-refractivity contribution in [3.05, 3.63) is 59.1 Å². The van der Waals surface area contributed by atoms with E-state index in [0.717, 1.165) is 27.3 Å². The van der Waals surface area contributed by atoms with E-state index in [9.17, 15) is 9.59 Å². The van der Waals surface area contributed by atoms with E-state index in [1.807, 2.05) is 42.5 Å². The zero-order valence-corrected chi connectivity index (χ0v) is 16.9. The smallest absolute Gasteiger partial charge is 0.331 e. The molecule has 0 fully saturated rings. The third-order valence-electron chi connectivity index (χ3n) is 4.36. The van der Waals surface area contributed by atoms with Gasteiger partial charge in [0.15, 0.2) is 18.1 Å². The van der Waals surface area contributed by atoms with Crippen molar-refractivity contribution in [1.82, 2.24) is 10.3 Å². The minimum Gasteiger partial charge on any atom is -0.486 e. The summed E-state index contributed by atoms with van der Waals surface area (Å²) in [4.78, 5) is 28.1. The van der Waals surface area contributed by atoms with Gasteiger partial charge in [-0.3, -0.25) is 4.79 Å². The van der Waals surface area contributed by atoms with E-state index in [4.69, 9.17) is 14.2 Å². The molecule has 0 saturated heterocycles. The number of rotatable bonds is 7. The first kappa shape index (κ1) is 19.9. The first-order chi connectivity index (χ1) is 14.7. The molecule has 0 spiro atoms. The van der Waals surface area contributed by atoms with Crippen molar-refractivity contribution in [3.63, 3.8) is 0 Å². The summed E-state index contributed by atoms with van der Waals surface area (Å²) in [7, 11) is 0. The molecule has 0 unspecified atom stereocenters. The van der Waals surface area contributed by atoms with Gasteiger partial charge in [-0.25, -0.2) is 9.78 Å². The third kappa shape index (κ3) is 5.15. The highest BCUT2D eigenvalue weighted by Crippen LogP contribution is 2.30. The maximum atomic E-state index is 11.9. The minimum absolute atomic E-state index is 0.329. The normalized spacial score (nSPS) is 12.8. The molecular weight excluding hydrogens is 404 g/mol. The second kappa shape index (κ2) is 9.41. The molecule has 1 N–H and O–H groups in total. The van der Waals surface area contributed by atoms with Crippen molar-refractivity contribution < 1.29 is 23.8 Å². The molecule has 3 aromatic rings. The van der Waals surface area contributed by atoms with E-state index in [1.54, 1.807) is 6.08 Å². The molecule has 30 heavy (non-hydrogen) atoms. The standard InChI is InChI=1S/C22H20N2O5S/c25-20(23-10-9-15-5-6-17-18(13-15)28-12-11-27-17)14-29-22(26)8-7-21-24-16-3-1-2-4-19(16)30-21/h1-8,13H,9-12,14H2,(H,23,25)/b8-7+. The summed E-state index contributed by atoms with van der Waals surface area (Å²) in [6.45, 7) is 1.19. The van der Waals surface area contributed by atoms with Crippen molar-refractivity contribution in [2.45, 2.75) is 6.42 Å². The fourth-order valence-corrected chi connectivity index (χ4v) is 3.80. The molecule has 2 aromatic carbocycles. The third-order valence-corrected chi connectivity index (χ3v) is 5.36. The van der Waals surface area contributed by atoms with Gasteiger partial charge in [-0.2, -0.15) is 0 Å². The van der Waals surface area contributed by atoms with Gasteiger partial charge >= 0.3 is 5.97 Å². The van der Waals surface area contributed by atoms with Gasteiger partial charge in [0.2, 0.25) is 0 Å². The van der Waals surface area contributed by atoms with Crippen LogP contribution in [0.5, 0.6) is 11.5 Å². The van der Waals surface area contributed by atoms with Crippen LogP contribution < -0.4 is 14.8 Å². The summed E-state index contributed by atoms with van der Waals surface area (Å²) < 4.78 is 17.1. The Morgan fingerprint density at radius 2 is 1.97 bits per heavy atom. The number of nitrogens with one attached hydrogen (secondary N) is 1. The molecule has 1 aliphatic rings. The monoisotopic (exact) mass is 424 g/mol. The summed E-state index contributed by atoms with van der Waals surface area (Å²) in [5, 5.41) is 3.44. The molecule has 7 nitrogen and oxygen atoms in total. The number of nitrogens with zero attached hydrogens (tertiary/aromatic N) is 1. The second-order valence-corrected chi connectivity index (χ2v) is 7.60. The predicted molar refractivity (Wildman–Crippen MR) is 114 cm³/mol. The first-order valence-corrected chi connectivity index (χ1v) is 10.3. The van der Waals surface area contributed by atoms with Crippen LogP contribution >= 0.6 is 11.3 Å². The number of ether oxygens (including phenoxy) is 3. The van der Waals surface area contributed by atoms with E-state index in [-0.39, 0.29) is 12.5 Å². The average Bonchev–Trinajstić information content (AvgIpc) is 3.19. The van der Waals surface area contributed by atoms with E-state index in [1.165, 1.54) is 17.4 Å². The Kier molecular flexibility index (Phi) is 6.24. The highest BCUT2D eigenvalue weighted by Gasteiger charge is 2.12. The number of fused-ring (bicyclic) bond motifs is 2. The molecule has 8 heteroatoms. The number of carbonyl (C=O) groups is 2. The van der Waals surface area contributed by atoms with E-state index in [0.29, 0.717) is 31.2 Å². The molecule has 0 atom stereocenters. The predicted octanol–water partition coefficient (Wildman–Crippen LogP) is 2.98. The quantitative estimate of drug-likeness (QED) is 0.464. The van der Waals surface area contributed by atoms with Crippen LogP contribution in [0.1, 0.15) is 10.6 Å². The van der Waals surface area contributed by atoms with Gasteiger partial charge in [0.05, 0.1) is 10.2 Å². The van der Waals surface area contributed by atoms with Gasteiger partial charge in [0.1, 0.15) is 18.2 Å². The lowest BCUT2D eigenvalue weighted by molar-refractivity contribution is -0.143. The molecule has 0 bridgehead atoms. The molecule has 1 aromatic heterocycles. The van der Waals surface area contributed by atoms with E-state index < -0.39 is 5.97 Å². The fourth-order valence-electron chi connectivity index (χ4n) is 2.93. The van der Waals surface area contributed by atoms with Crippen LogP contribution in [0.2, 0.25) is 0 Å². The maximum absolute atomic E-state index is 11.9. The average molecular weight is 424 g/mol. The number of benzene rings is 2. The zero-order chi connectivity index (χ0) is 20.8. The van der Waals surface area contributed by atoms with Crippen molar-refractivity contribution in [3.8, 4) is 11.5 Å². The summed E-state index contributed by atoms with van der Waals surface area (Å²) in [6.07, 6.45) is 3.50. The number of carbonyl (C=O) groups excluding carboxylic acids is 2. The van der Waals surface area contributed by atoms with Gasteiger partial charge < -0.3 is 19.5 Å². The number of aromatic nitrogens is 1. The Hall–Kier alpha value is -3.39. The van der Waals surface area contributed by atoms with Crippen molar-refractivity contribution in [2.75, 3.05) is 26.4 Å². The highest BCUT2D eigenvalue weighted by atomic mass is 32.1. The molecule has 0 aliphatic carbocycles. The summed E-state index contributed by atoms with van der Waals surface area (Å²) in [6, 6.07) is 13.4. The van der Waals surface area contributed by atoms with Crippen LogP contribution in [0.25, 0.3) is 16.3 Å². The van der Waals surface area contributed by atoms with Crippen LogP contribution in [-0.2, 0) is 20.7 Å². The van der Waals surface area contributed by atoms with Gasteiger partial charge in [-0.05, 0) is 42.3 Å². The topological polar surface area (TPSA) is 86.8 Å². The van der Waals surface area contributed by atoms with Crippen molar-refractivity contribution >= 4 is 39.5 Å². The number of para-hydroxylation sites is 1. The van der Waals surface area contributed by atoms with Crippen molar-refractivity contribution in [1.29, 1.82) is 0 Å². The number of hydrogen-bond donors (Lipinski definition) is 1. The molecule has 1 amide bonds. The first-order valence-electron chi connectivity index (χ1n) is 9.53. The van der Waals surface area contributed by atoms with Gasteiger partial charge in [-0.15, -0.1) is 11.3 Å². The van der Waals surface area contributed by atoms with Crippen molar-refractivity contribution in [2.24, 2.45) is 0 Å². The molecule has 0 radical (unpaired) electrons. The van der Waals surface area contributed by atoms with Crippen LogP contribution in [0.4, 0.5) is 0 Å². The van der Waals surface area contributed by atoms with Gasteiger partial charge in [-0.1, -0.05) is 18.2 Å². The highest BCUT2D eigenvalue weighted by molar-refractivity contribution is 7.19. The number of thiazole rings is 1. The lowest BCUT2D eigenvalue weighted by Gasteiger charge is -2.18. The Labute approximate surface area is 177 Å². The van der Waals surface area contributed by atoms with Gasteiger partial charge in [0, 0.05) is 12.6 Å². The zero-order valence-electron chi connectivity index (χ0n) is 16.1. The number of esters is 1.